The molecule has 0 atom stereocenters. The summed E-state index contributed by atoms with van der Waals surface area (Å²) in [6.07, 6.45) is -4.97. The molecule has 0 saturated heterocycles. The zero-order chi connectivity index (χ0) is 12.5. The van der Waals surface area contributed by atoms with Gasteiger partial charge in [-0.15, -0.1) is 13.2 Å². The third-order valence-corrected chi connectivity index (χ3v) is 2.00. The number of hydrogen-bond donors (Lipinski definition) is 0. The molecule has 0 N–H and O–H groups in total. The highest BCUT2D eigenvalue weighted by Crippen LogP contribution is 2.33. The normalized spacial score (nSPS) is 11.4. The van der Waals surface area contributed by atoms with E-state index in [4.69, 9.17) is 11.6 Å². The molecule has 0 bridgehead atoms. The fourth-order valence-electron chi connectivity index (χ4n) is 1.07. The third kappa shape index (κ3) is 2.85. The molecule has 0 fully saturated rings. The van der Waals surface area contributed by atoms with E-state index in [9.17, 15) is 22.4 Å². The predicted molar refractivity (Wildman–Crippen MR) is 48.1 cm³/mol. The number of benzene rings is 1. The second-order valence-electron chi connectivity index (χ2n) is 2.84. The Morgan fingerprint density at radius 2 is 1.94 bits per heavy atom. The molecule has 7 heteroatoms. The van der Waals surface area contributed by atoms with Crippen molar-refractivity contribution in [2.75, 3.05) is 0 Å². The molecular formula is C9H5ClF4O2. The number of ketones is 1. The number of hydrogen-bond acceptors (Lipinski definition) is 2. The monoisotopic (exact) mass is 256 g/mol. The van der Waals surface area contributed by atoms with Crippen LogP contribution in [0.5, 0.6) is 5.75 Å². The molecule has 2 nitrogen and oxygen atoms in total. The Balaban J connectivity index is 3.29. The van der Waals surface area contributed by atoms with Crippen LogP contribution >= 0.6 is 11.6 Å². The standard InChI is InChI=1S/C9H5ClF4O2/c1-4(15)7-6(16-9(12,13)14)3-2-5(11)8(7)10/h2-3H,1H3. The van der Waals surface area contributed by atoms with E-state index in [0.29, 0.717) is 12.1 Å². The van der Waals surface area contributed by atoms with Crippen molar-refractivity contribution >= 4 is 17.4 Å². The van der Waals surface area contributed by atoms with Crippen LogP contribution in [-0.4, -0.2) is 12.1 Å². The van der Waals surface area contributed by atoms with E-state index in [1.165, 1.54) is 0 Å². The summed E-state index contributed by atoms with van der Waals surface area (Å²) in [4.78, 5) is 11.0. The lowest BCUT2D eigenvalue weighted by molar-refractivity contribution is -0.274. The van der Waals surface area contributed by atoms with Gasteiger partial charge in [0.05, 0.1) is 10.6 Å². The molecule has 0 aromatic heterocycles. The highest BCUT2D eigenvalue weighted by molar-refractivity contribution is 6.34. The van der Waals surface area contributed by atoms with Gasteiger partial charge in [-0.3, -0.25) is 4.79 Å². The maximum atomic E-state index is 12.9. The molecule has 16 heavy (non-hydrogen) atoms. The molecular weight excluding hydrogens is 252 g/mol. The van der Waals surface area contributed by atoms with Crippen molar-refractivity contribution in [3.63, 3.8) is 0 Å². The molecule has 0 amide bonds. The SMILES string of the molecule is CC(=O)c1c(OC(F)(F)F)ccc(F)c1Cl. The Labute approximate surface area is 92.8 Å². The molecule has 0 unspecified atom stereocenters. The lowest BCUT2D eigenvalue weighted by Crippen LogP contribution is -2.19. The van der Waals surface area contributed by atoms with Gasteiger partial charge in [0.2, 0.25) is 0 Å². The Morgan fingerprint density at radius 1 is 1.38 bits per heavy atom. The fraction of sp³-hybridized carbons (Fsp3) is 0.222. The van der Waals surface area contributed by atoms with Crippen LogP contribution in [0.25, 0.3) is 0 Å². The second kappa shape index (κ2) is 4.29. The first kappa shape index (κ1) is 12.8. The largest absolute Gasteiger partial charge is 0.573 e. The quantitative estimate of drug-likeness (QED) is 0.597. The van der Waals surface area contributed by atoms with Gasteiger partial charge in [-0.1, -0.05) is 11.6 Å². The first-order valence-corrected chi connectivity index (χ1v) is 4.35. The number of halogens is 5. The van der Waals surface area contributed by atoms with E-state index < -0.39 is 34.3 Å². The van der Waals surface area contributed by atoms with Gasteiger partial charge in [-0.25, -0.2) is 4.39 Å². The molecule has 0 saturated carbocycles. The lowest BCUT2D eigenvalue weighted by atomic mass is 10.1. The van der Waals surface area contributed by atoms with E-state index >= 15 is 0 Å². The highest BCUT2D eigenvalue weighted by Gasteiger charge is 2.33. The van der Waals surface area contributed by atoms with Gasteiger partial charge in [0, 0.05) is 0 Å². The first-order chi connectivity index (χ1) is 7.22. The summed E-state index contributed by atoms with van der Waals surface area (Å²) in [5.41, 5.74) is -0.626. The zero-order valence-electron chi connectivity index (χ0n) is 7.86. The van der Waals surface area contributed by atoms with Crippen molar-refractivity contribution in [3.8, 4) is 5.75 Å². The third-order valence-electron chi connectivity index (χ3n) is 1.63. The van der Waals surface area contributed by atoms with E-state index in [-0.39, 0.29) is 0 Å². The van der Waals surface area contributed by atoms with Crippen LogP contribution in [0.3, 0.4) is 0 Å². The molecule has 88 valence electrons. The van der Waals surface area contributed by atoms with Crippen molar-refractivity contribution in [2.45, 2.75) is 13.3 Å². The van der Waals surface area contributed by atoms with Gasteiger partial charge in [0.1, 0.15) is 11.6 Å². The minimum absolute atomic E-state index is 0.626. The highest BCUT2D eigenvalue weighted by atomic mass is 35.5. The average Bonchev–Trinajstić information content (AvgIpc) is 2.08. The summed E-state index contributed by atoms with van der Waals surface area (Å²) in [7, 11) is 0. The summed E-state index contributed by atoms with van der Waals surface area (Å²) < 4.78 is 52.3. The van der Waals surface area contributed by atoms with Crippen LogP contribution in [0.1, 0.15) is 17.3 Å². The maximum Gasteiger partial charge on any atom is 0.573 e. The number of carbonyl (C=O) groups excluding carboxylic acids is 1. The lowest BCUT2D eigenvalue weighted by Gasteiger charge is -2.12. The summed E-state index contributed by atoms with van der Waals surface area (Å²) in [5, 5.41) is -0.686. The molecule has 0 spiro atoms. The van der Waals surface area contributed by atoms with Crippen LogP contribution in [0.2, 0.25) is 5.02 Å². The Bertz CT molecular complexity index is 428. The van der Waals surface area contributed by atoms with Crippen LogP contribution in [-0.2, 0) is 0 Å². The summed E-state index contributed by atoms with van der Waals surface area (Å²) >= 11 is 5.38. The van der Waals surface area contributed by atoms with Crippen LogP contribution in [0.4, 0.5) is 17.6 Å². The molecule has 1 aromatic carbocycles. The number of ether oxygens (including phenoxy) is 1. The van der Waals surface area contributed by atoms with Crippen molar-refractivity contribution in [1.29, 1.82) is 0 Å². The van der Waals surface area contributed by atoms with Crippen molar-refractivity contribution in [3.05, 3.63) is 28.5 Å². The molecule has 1 aromatic rings. The van der Waals surface area contributed by atoms with Gasteiger partial charge < -0.3 is 4.74 Å². The maximum absolute atomic E-state index is 12.9. The molecule has 0 aliphatic heterocycles. The Morgan fingerprint density at radius 3 is 2.38 bits per heavy atom. The zero-order valence-corrected chi connectivity index (χ0v) is 8.62. The Hall–Kier alpha value is -1.30. The van der Waals surface area contributed by atoms with E-state index in [1.807, 2.05) is 0 Å². The van der Waals surface area contributed by atoms with Gasteiger partial charge in [0.15, 0.2) is 5.78 Å². The molecule has 0 radical (unpaired) electrons. The number of rotatable bonds is 2. The number of Topliss-reactive ketones (excluding diaryl/α,β-unsaturated/α-hetero) is 1. The molecule has 1 rings (SSSR count). The molecule has 0 heterocycles. The topological polar surface area (TPSA) is 26.3 Å². The molecule has 0 aliphatic rings. The average molecular weight is 257 g/mol. The Kier molecular flexibility index (Phi) is 3.42. The van der Waals surface area contributed by atoms with E-state index in [2.05, 4.69) is 4.74 Å². The van der Waals surface area contributed by atoms with Gasteiger partial charge in [0.25, 0.3) is 0 Å². The van der Waals surface area contributed by atoms with E-state index in [1.54, 1.807) is 0 Å². The summed E-state index contributed by atoms with van der Waals surface area (Å²) in [6, 6.07) is 1.39. The van der Waals surface area contributed by atoms with Crippen molar-refractivity contribution in [1.82, 2.24) is 0 Å². The van der Waals surface area contributed by atoms with Gasteiger partial charge in [-0.05, 0) is 19.1 Å². The number of carbonyl (C=O) groups is 1. The number of alkyl halides is 3. The second-order valence-corrected chi connectivity index (χ2v) is 3.22. The summed E-state index contributed by atoms with van der Waals surface area (Å²) in [6.45, 7) is 0.962. The van der Waals surface area contributed by atoms with Crippen molar-refractivity contribution in [2.24, 2.45) is 0 Å². The predicted octanol–water partition coefficient (Wildman–Crippen LogP) is 3.58. The van der Waals surface area contributed by atoms with Crippen molar-refractivity contribution < 1.29 is 27.1 Å². The summed E-state index contributed by atoms with van der Waals surface area (Å²) in [5.74, 6) is -2.61. The van der Waals surface area contributed by atoms with Crippen LogP contribution in [0.15, 0.2) is 12.1 Å². The van der Waals surface area contributed by atoms with E-state index in [0.717, 1.165) is 6.92 Å². The minimum Gasteiger partial charge on any atom is -0.405 e. The molecule has 0 aliphatic carbocycles. The minimum atomic E-state index is -4.97. The van der Waals surface area contributed by atoms with Crippen LogP contribution < -0.4 is 4.74 Å². The smallest absolute Gasteiger partial charge is 0.405 e. The van der Waals surface area contributed by atoms with Gasteiger partial charge in [-0.2, -0.15) is 0 Å². The van der Waals surface area contributed by atoms with Gasteiger partial charge >= 0.3 is 6.36 Å². The first-order valence-electron chi connectivity index (χ1n) is 3.97. The fourth-order valence-corrected chi connectivity index (χ4v) is 1.36. The van der Waals surface area contributed by atoms with Crippen LogP contribution in [0, 0.1) is 5.82 Å².